The summed E-state index contributed by atoms with van der Waals surface area (Å²) in [5.74, 6) is 1.01. The fourth-order valence-electron chi connectivity index (χ4n) is 2.29. The number of aromatic amines is 1. The van der Waals surface area contributed by atoms with Gasteiger partial charge in [0.15, 0.2) is 5.96 Å². The first kappa shape index (κ1) is 13.6. The van der Waals surface area contributed by atoms with Crippen LogP contribution in [0.15, 0.2) is 16.0 Å². The van der Waals surface area contributed by atoms with Gasteiger partial charge in [-0.3, -0.25) is 4.79 Å². The van der Waals surface area contributed by atoms with Crippen LogP contribution in [0.5, 0.6) is 0 Å². The first-order chi connectivity index (χ1) is 9.15. The molecule has 0 aromatic carbocycles. The Balaban J connectivity index is 1.91. The van der Waals surface area contributed by atoms with E-state index in [4.69, 9.17) is 5.73 Å². The van der Waals surface area contributed by atoms with Crippen LogP contribution in [0, 0.1) is 6.92 Å². The van der Waals surface area contributed by atoms with E-state index in [1.54, 1.807) is 13.1 Å². The zero-order chi connectivity index (χ0) is 13.7. The summed E-state index contributed by atoms with van der Waals surface area (Å²) < 4.78 is 0. The van der Waals surface area contributed by atoms with Gasteiger partial charge >= 0.3 is 0 Å². The number of hydrogen-bond donors (Lipinski definition) is 3. The first-order valence-electron chi connectivity index (χ1n) is 6.76. The Bertz CT molecular complexity index is 502. The topological polar surface area (TPSA) is 96.2 Å². The number of guanidine groups is 1. The Morgan fingerprint density at radius 3 is 2.95 bits per heavy atom. The molecule has 4 N–H and O–H groups in total. The normalized spacial score (nSPS) is 17.4. The molecule has 19 heavy (non-hydrogen) atoms. The standard InChI is InChI=1S/C13H21N5O/c1-9-15-7-10(12(19)17-9)8-16-13(14)18-11-5-3-2-4-6-11/h7,11H,2-6,8H2,1H3,(H3,14,16,18)(H,15,17,19). The highest BCUT2D eigenvalue weighted by Gasteiger charge is 2.13. The van der Waals surface area contributed by atoms with Gasteiger partial charge in [0.1, 0.15) is 5.82 Å². The lowest BCUT2D eigenvalue weighted by molar-refractivity contribution is 0.412. The molecule has 2 rings (SSSR count). The Morgan fingerprint density at radius 2 is 2.26 bits per heavy atom. The van der Waals surface area contributed by atoms with Gasteiger partial charge in [0.25, 0.3) is 5.56 Å². The van der Waals surface area contributed by atoms with E-state index < -0.39 is 0 Å². The zero-order valence-electron chi connectivity index (χ0n) is 11.3. The average molecular weight is 263 g/mol. The third-order valence-electron chi connectivity index (χ3n) is 3.38. The summed E-state index contributed by atoms with van der Waals surface area (Å²) in [4.78, 5) is 22.5. The number of aromatic nitrogens is 2. The van der Waals surface area contributed by atoms with Gasteiger partial charge in [0, 0.05) is 12.2 Å². The van der Waals surface area contributed by atoms with E-state index in [1.807, 2.05) is 0 Å². The number of aliphatic imine (C=N–C) groups is 1. The molecule has 0 unspecified atom stereocenters. The fraction of sp³-hybridized carbons (Fsp3) is 0.615. The van der Waals surface area contributed by atoms with Crippen LogP contribution >= 0.6 is 0 Å². The highest BCUT2D eigenvalue weighted by Crippen LogP contribution is 2.16. The molecule has 0 amide bonds. The number of nitrogens with two attached hydrogens (primary N) is 1. The van der Waals surface area contributed by atoms with Crippen LogP contribution < -0.4 is 16.6 Å². The molecule has 1 heterocycles. The third-order valence-corrected chi connectivity index (χ3v) is 3.38. The van der Waals surface area contributed by atoms with Gasteiger partial charge in [-0.1, -0.05) is 19.3 Å². The molecule has 1 aliphatic carbocycles. The smallest absolute Gasteiger partial charge is 0.255 e. The van der Waals surface area contributed by atoms with Crippen molar-refractivity contribution in [2.24, 2.45) is 10.7 Å². The molecule has 0 aliphatic heterocycles. The second kappa shape index (κ2) is 6.36. The van der Waals surface area contributed by atoms with Gasteiger partial charge in [0.05, 0.1) is 12.1 Å². The van der Waals surface area contributed by atoms with Crippen molar-refractivity contribution >= 4 is 5.96 Å². The predicted molar refractivity (Wildman–Crippen MR) is 74.9 cm³/mol. The molecule has 1 fully saturated rings. The monoisotopic (exact) mass is 263 g/mol. The van der Waals surface area contributed by atoms with E-state index in [0.717, 1.165) is 12.8 Å². The van der Waals surface area contributed by atoms with Crippen molar-refractivity contribution in [1.82, 2.24) is 15.3 Å². The number of hydrogen-bond acceptors (Lipinski definition) is 3. The predicted octanol–water partition coefficient (Wildman–Crippen LogP) is 0.815. The van der Waals surface area contributed by atoms with Gasteiger partial charge in [-0.25, -0.2) is 9.98 Å². The molecule has 1 saturated carbocycles. The van der Waals surface area contributed by atoms with Crippen LogP contribution in [0.25, 0.3) is 0 Å². The maximum absolute atomic E-state index is 11.6. The molecular weight excluding hydrogens is 242 g/mol. The van der Waals surface area contributed by atoms with Crippen molar-refractivity contribution in [1.29, 1.82) is 0 Å². The molecule has 0 atom stereocenters. The van der Waals surface area contributed by atoms with E-state index in [0.29, 0.717) is 23.4 Å². The van der Waals surface area contributed by atoms with E-state index in [-0.39, 0.29) is 12.1 Å². The van der Waals surface area contributed by atoms with Crippen molar-refractivity contribution in [3.63, 3.8) is 0 Å². The summed E-state index contributed by atoms with van der Waals surface area (Å²) >= 11 is 0. The minimum absolute atomic E-state index is 0.151. The van der Waals surface area contributed by atoms with Gasteiger partial charge in [-0.05, 0) is 19.8 Å². The second-order valence-electron chi connectivity index (χ2n) is 5.00. The molecule has 1 aliphatic rings. The van der Waals surface area contributed by atoms with Gasteiger partial charge in [-0.2, -0.15) is 0 Å². The average Bonchev–Trinajstić information content (AvgIpc) is 2.39. The molecule has 1 aromatic rings. The van der Waals surface area contributed by atoms with Crippen LogP contribution in [0.3, 0.4) is 0 Å². The van der Waals surface area contributed by atoms with Gasteiger partial charge < -0.3 is 16.0 Å². The zero-order valence-corrected chi connectivity index (χ0v) is 11.3. The van der Waals surface area contributed by atoms with E-state index in [2.05, 4.69) is 20.3 Å². The SMILES string of the molecule is Cc1ncc(CN=C(N)NC2CCCCC2)c(=O)[nH]1. The van der Waals surface area contributed by atoms with Crippen LogP contribution in [0.1, 0.15) is 43.5 Å². The summed E-state index contributed by atoms with van der Waals surface area (Å²) in [5, 5.41) is 3.22. The number of nitrogens with one attached hydrogen (secondary N) is 2. The number of nitrogens with zero attached hydrogens (tertiary/aromatic N) is 2. The number of aryl methyl sites for hydroxylation is 1. The lowest BCUT2D eigenvalue weighted by Crippen LogP contribution is -2.41. The maximum Gasteiger partial charge on any atom is 0.255 e. The van der Waals surface area contributed by atoms with Crippen molar-refractivity contribution in [3.8, 4) is 0 Å². The minimum atomic E-state index is -0.151. The van der Waals surface area contributed by atoms with Crippen molar-refractivity contribution in [2.45, 2.75) is 51.6 Å². The number of rotatable bonds is 3. The summed E-state index contributed by atoms with van der Waals surface area (Å²) in [6.07, 6.45) is 7.62. The van der Waals surface area contributed by atoms with Crippen LogP contribution in [0.2, 0.25) is 0 Å². The fourth-order valence-corrected chi connectivity index (χ4v) is 2.29. The molecule has 0 bridgehead atoms. The second-order valence-corrected chi connectivity index (χ2v) is 5.00. The summed E-state index contributed by atoms with van der Waals surface area (Å²) in [7, 11) is 0. The molecule has 6 nitrogen and oxygen atoms in total. The lowest BCUT2D eigenvalue weighted by atomic mass is 9.96. The minimum Gasteiger partial charge on any atom is -0.370 e. The molecular formula is C13H21N5O. The number of H-pyrrole nitrogens is 1. The van der Waals surface area contributed by atoms with Gasteiger partial charge in [0.2, 0.25) is 0 Å². The van der Waals surface area contributed by atoms with Crippen LogP contribution in [-0.4, -0.2) is 22.0 Å². The molecule has 104 valence electrons. The third kappa shape index (κ3) is 4.08. The maximum atomic E-state index is 11.6. The summed E-state index contributed by atoms with van der Waals surface area (Å²) in [6.45, 7) is 2.00. The molecule has 6 heteroatoms. The Labute approximate surface area is 112 Å². The largest absolute Gasteiger partial charge is 0.370 e. The first-order valence-corrected chi connectivity index (χ1v) is 6.76. The van der Waals surface area contributed by atoms with Crippen molar-refractivity contribution in [3.05, 3.63) is 27.9 Å². The lowest BCUT2D eigenvalue weighted by Gasteiger charge is -2.23. The molecule has 0 spiro atoms. The summed E-state index contributed by atoms with van der Waals surface area (Å²) in [6, 6.07) is 0.423. The van der Waals surface area contributed by atoms with Gasteiger partial charge in [-0.15, -0.1) is 0 Å². The quantitative estimate of drug-likeness (QED) is 0.555. The van der Waals surface area contributed by atoms with Crippen LogP contribution in [-0.2, 0) is 6.54 Å². The van der Waals surface area contributed by atoms with Crippen molar-refractivity contribution < 1.29 is 0 Å². The molecule has 0 saturated heterocycles. The summed E-state index contributed by atoms with van der Waals surface area (Å²) in [5.41, 5.74) is 6.21. The molecule has 0 radical (unpaired) electrons. The van der Waals surface area contributed by atoms with Crippen LogP contribution in [0.4, 0.5) is 0 Å². The van der Waals surface area contributed by atoms with E-state index in [9.17, 15) is 4.79 Å². The Morgan fingerprint density at radius 1 is 1.53 bits per heavy atom. The van der Waals surface area contributed by atoms with E-state index in [1.165, 1.54) is 19.3 Å². The highest BCUT2D eigenvalue weighted by molar-refractivity contribution is 5.78. The van der Waals surface area contributed by atoms with Crippen molar-refractivity contribution in [2.75, 3.05) is 0 Å². The highest BCUT2D eigenvalue weighted by atomic mass is 16.1. The molecule has 1 aromatic heterocycles. The Kier molecular flexibility index (Phi) is 4.54. The Hall–Kier alpha value is -1.85. The van der Waals surface area contributed by atoms with E-state index >= 15 is 0 Å².